The molecule has 0 aromatic heterocycles. The van der Waals surface area contributed by atoms with Crippen molar-refractivity contribution in [2.24, 2.45) is 10.9 Å². The predicted octanol–water partition coefficient (Wildman–Crippen LogP) is 4.19. The Balaban J connectivity index is 2.46. The van der Waals surface area contributed by atoms with Crippen LogP contribution >= 0.6 is 23.2 Å². The first-order valence-electron chi connectivity index (χ1n) is 5.72. The molecule has 0 radical (unpaired) electrons. The van der Waals surface area contributed by atoms with E-state index < -0.39 is 0 Å². The molecular weight excluding hydrogens is 299 g/mol. The monoisotopic (exact) mass is 310 g/mol. The van der Waals surface area contributed by atoms with Crippen LogP contribution < -0.4 is 10.5 Å². The maximum Gasteiger partial charge on any atom is 0.173 e. The zero-order valence-corrected chi connectivity index (χ0v) is 12.1. The lowest BCUT2D eigenvalue weighted by Gasteiger charge is -2.12. The van der Waals surface area contributed by atoms with Crippen molar-refractivity contribution in [1.82, 2.24) is 0 Å². The van der Waals surface area contributed by atoms with Crippen LogP contribution in [0.25, 0.3) is 0 Å². The number of benzene rings is 2. The summed E-state index contributed by atoms with van der Waals surface area (Å²) < 4.78 is 5.74. The Morgan fingerprint density at radius 3 is 2.60 bits per heavy atom. The molecule has 0 saturated heterocycles. The lowest BCUT2D eigenvalue weighted by atomic mass is 10.2. The van der Waals surface area contributed by atoms with Crippen molar-refractivity contribution in [1.29, 1.82) is 0 Å². The molecule has 0 aliphatic heterocycles. The topological polar surface area (TPSA) is 67.8 Å². The fourth-order valence-corrected chi connectivity index (χ4v) is 1.98. The van der Waals surface area contributed by atoms with Gasteiger partial charge < -0.3 is 15.7 Å². The molecule has 3 N–H and O–H groups in total. The summed E-state index contributed by atoms with van der Waals surface area (Å²) in [5.41, 5.74) is 7.00. The van der Waals surface area contributed by atoms with Gasteiger partial charge in [-0.3, -0.25) is 0 Å². The highest BCUT2D eigenvalue weighted by molar-refractivity contribution is 6.32. The van der Waals surface area contributed by atoms with E-state index in [9.17, 15) is 0 Å². The van der Waals surface area contributed by atoms with Crippen LogP contribution in [0.5, 0.6) is 11.5 Å². The first-order valence-corrected chi connectivity index (χ1v) is 6.48. The number of nitrogens with two attached hydrogens (primary N) is 1. The van der Waals surface area contributed by atoms with Gasteiger partial charge in [0.05, 0.1) is 10.6 Å². The van der Waals surface area contributed by atoms with E-state index in [0.717, 1.165) is 5.56 Å². The minimum Gasteiger partial charge on any atom is -0.455 e. The Morgan fingerprint density at radius 1 is 1.15 bits per heavy atom. The van der Waals surface area contributed by atoms with Gasteiger partial charge in [0.15, 0.2) is 5.84 Å². The second-order valence-electron chi connectivity index (χ2n) is 4.16. The Hall–Kier alpha value is -1.91. The standard InChI is InChI=1S/C14H12Cl2N2O2/c1-8-2-4-11(16)13(6-8)20-12-5-3-9(15)7-10(12)14(17)18-19/h2-7,19H,1H3,(H2,17,18). The lowest BCUT2D eigenvalue weighted by molar-refractivity contribution is 0.318. The Kier molecular flexibility index (Phi) is 4.37. The molecule has 2 aromatic rings. The van der Waals surface area contributed by atoms with E-state index in [2.05, 4.69) is 5.16 Å². The molecule has 0 heterocycles. The number of rotatable bonds is 3. The van der Waals surface area contributed by atoms with Crippen molar-refractivity contribution in [3.63, 3.8) is 0 Å². The molecule has 2 aromatic carbocycles. The smallest absolute Gasteiger partial charge is 0.173 e. The molecule has 6 heteroatoms. The van der Waals surface area contributed by atoms with Crippen LogP contribution in [0.1, 0.15) is 11.1 Å². The van der Waals surface area contributed by atoms with Gasteiger partial charge in [0.2, 0.25) is 0 Å². The van der Waals surface area contributed by atoms with Gasteiger partial charge in [-0.1, -0.05) is 34.4 Å². The van der Waals surface area contributed by atoms with E-state index in [0.29, 0.717) is 27.1 Å². The lowest BCUT2D eigenvalue weighted by Crippen LogP contribution is -2.14. The second-order valence-corrected chi connectivity index (χ2v) is 5.01. The molecule has 0 amide bonds. The minimum absolute atomic E-state index is 0.0914. The Bertz CT molecular complexity index is 672. The summed E-state index contributed by atoms with van der Waals surface area (Å²) in [4.78, 5) is 0. The predicted molar refractivity (Wildman–Crippen MR) is 80.2 cm³/mol. The third-order valence-electron chi connectivity index (χ3n) is 2.63. The molecule has 0 fully saturated rings. The highest BCUT2D eigenvalue weighted by Gasteiger charge is 2.12. The van der Waals surface area contributed by atoms with Crippen molar-refractivity contribution in [2.75, 3.05) is 0 Å². The largest absolute Gasteiger partial charge is 0.455 e. The Morgan fingerprint density at radius 2 is 1.90 bits per heavy atom. The van der Waals surface area contributed by atoms with Crippen molar-refractivity contribution in [3.8, 4) is 11.5 Å². The van der Waals surface area contributed by atoms with Gasteiger partial charge >= 0.3 is 0 Å². The number of aryl methyl sites for hydroxylation is 1. The minimum atomic E-state index is -0.0914. The van der Waals surface area contributed by atoms with E-state index in [1.807, 2.05) is 13.0 Å². The van der Waals surface area contributed by atoms with Crippen LogP contribution in [0, 0.1) is 6.92 Å². The summed E-state index contributed by atoms with van der Waals surface area (Å²) in [6.45, 7) is 1.93. The van der Waals surface area contributed by atoms with Crippen molar-refractivity contribution < 1.29 is 9.94 Å². The molecule has 104 valence electrons. The van der Waals surface area contributed by atoms with Crippen molar-refractivity contribution in [2.45, 2.75) is 6.92 Å². The van der Waals surface area contributed by atoms with Crippen molar-refractivity contribution >= 4 is 29.0 Å². The molecule has 0 spiro atoms. The molecule has 0 saturated carbocycles. The van der Waals surface area contributed by atoms with Crippen molar-refractivity contribution in [3.05, 3.63) is 57.6 Å². The van der Waals surface area contributed by atoms with Crippen LogP contribution in [-0.2, 0) is 0 Å². The SMILES string of the molecule is Cc1ccc(Cl)c(Oc2ccc(Cl)cc2C(N)=NO)c1. The number of halogens is 2. The summed E-state index contributed by atoms with van der Waals surface area (Å²) in [5.74, 6) is 0.796. The van der Waals surface area contributed by atoms with Crippen LogP contribution in [0.4, 0.5) is 0 Å². The molecule has 0 unspecified atom stereocenters. The highest BCUT2D eigenvalue weighted by atomic mass is 35.5. The van der Waals surface area contributed by atoms with Gasteiger partial charge in [0.1, 0.15) is 11.5 Å². The number of hydrogen-bond acceptors (Lipinski definition) is 3. The molecule has 0 aliphatic carbocycles. The van der Waals surface area contributed by atoms with Gasteiger partial charge in [-0.15, -0.1) is 0 Å². The van der Waals surface area contributed by atoms with Crippen LogP contribution in [-0.4, -0.2) is 11.0 Å². The molecule has 0 atom stereocenters. The number of ether oxygens (including phenoxy) is 1. The Labute approximate surface area is 126 Å². The summed E-state index contributed by atoms with van der Waals surface area (Å²) >= 11 is 12.0. The van der Waals surface area contributed by atoms with Crippen LogP contribution in [0.3, 0.4) is 0 Å². The first kappa shape index (κ1) is 14.5. The summed E-state index contributed by atoms with van der Waals surface area (Å²) in [7, 11) is 0. The maximum atomic E-state index is 8.81. The van der Waals surface area contributed by atoms with Gasteiger partial charge in [0.25, 0.3) is 0 Å². The van der Waals surface area contributed by atoms with E-state index in [4.69, 9.17) is 38.9 Å². The van der Waals surface area contributed by atoms with Crippen LogP contribution in [0.15, 0.2) is 41.6 Å². The summed E-state index contributed by atoms with van der Waals surface area (Å²) in [5, 5.41) is 12.7. The maximum absolute atomic E-state index is 8.81. The van der Waals surface area contributed by atoms with Gasteiger partial charge in [0, 0.05) is 5.02 Å². The molecule has 20 heavy (non-hydrogen) atoms. The van der Waals surface area contributed by atoms with Gasteiger partial charge in [-0.05, 0) is 42.8 Å². The number of nitrogens with zero attached hydrogens (tertiary/aromatic N) is 1. The third kappa shape index (κ3) is 3.15. The normalized spacial score (nSPS) is 11.4. The van der Waals surface area contributed by atoms with Crippen LogP contribution in [0.2, 0.25) is 10.0 Å². The van der Waals surface area contributed by atoms with E-state index in [-0.39, 0.29) is 5.84 Å². The zero-order valence-electron chi connectivity index (χ0n) is 10.6. The summed E-state index contributed by atoms with van der Waals surface area (Å²) in [6, 6.07) is 10.2. The fourth-order valence-electron chi connectivity index (χ4n) is 1.65. The molecule has 0 bridgehead atoms. The number of amidine groups is 1. The van der Waals surface area contributed by atoms with E-state index in [1.54, 1.807) is 30.3 Å². The number of oxime groups is 1. The highest BCUT2D eigenvalue weighted by Crippen LogP contribution is 2.33. The number of hydrogen-bond donors (Lipinski definition) is 2. The average Bonchev–Trinajstić information content (AvgIpc) is 2.43. The van der Waals surface area contributed by atoms with Gasteiger partial charge in [-0.2, -0.15) is 0 Å². The quantitative estimate of drug-likeness (QED) is 0.386. The molecule has 2 rings (SSSR count). The molecular formula is C14H12Cl2N2O2. The third-order valence-corrected chi connectivity index (χ3v) is 3.18. The average molecular weight is 311 g/mol. The zero-order chi connectivity index (χ0) is 14.7. The summed E-state index contributed by atoms with van der Waals surface area (Å²) in [6.07, 6.45) is 0. The second kappa shape index (κ2) is 6.03. The molecule has 4 nitrogen and oxygen atoms in total. The fraction of sp³-hybridized carbons (Fsp3) is 0.0714. The first-order chi connectivity index (χ1) is 9.51. The van der Waals surface area contributed by atoms with E-state index in [1.165, 1.54) is 0 Å². The van der Waals surface area contributed by atoms with E-state index >= 15 is 0 Å². The van der Waals surface area contributed by atoms with Gasteiger partial charge in [-0.25, -0.2) is 0 Å². The molecule has 0 aliphatic rings.